The van der Waals surface area contributed by atoms with Crippen molar-refractivity contribution in [2.24, 2.45) is 0 Å². The zero-order valence-corrected chi connectivity index (χ0v) is 11.2. The molecule has 1 aromatic heterocycles. The summed E-state index contributed by atoms with van der Waals surface area (Å²) in [6.07, 6.45) is 2.05. The van der Waals surface area contributed by atoms with Gasteiger partial charge in [-0.15, -0.1) is 11.3 Å². The van der Waals surface area contributed by atoms with Crippen molar-refractivity contribution < 1.29 is 4.79 Å². The largest absolute Gasteiger partial charge is 0.351 e. The number of aryl methyl sites for hydroxylation is 1. The fraction of sp³-hybridized carbons (Fsp3) is 0.500. The van der Waals surface area contributed by atoms with E-state index in [1.165, 1.54) is 4.88 Å². The Labute approximate surface area is 102 Å². The topological polar surface area (TPSA) is 29.1 Å². The Morgan fingerprint density at radius 3 is 2.93 bits per heavy atom. The molecule has 0 aliphatic rings. The monoisotopic (exact) mass is 323 g/mol. The molecule has 0 saturated carbocycles. The molecule has 0 aromatic carbocycles. The first-order valence-corrected chi connectivity index (χ1v) is 7.05. The van der Waals surface area contributed by atoms with Crippen molar-refractivity contribution >= 4 is 39.8 Å². The summed E-state index contributed by atoms with van der Waals surface area (Å²) in [5.41, 5.74) is 0. The van der Waals surface area contributed by atoms with Crippen molar-refractivity contribution in [2.75, 3.05) is 11.0 Å². The van der Waals surface area contributed by atoms with E-state index in [9.17, 15) is 4.79 Å². The molecule has 14 heavy (non-hydrogen) atoms. The van der Waals surface area contributed by atoms with Crippen molar-refractivity contribution in [3.63, 3.8) is 0 Å². The lowest BCUT2D eigenvalue weighted by atomic mass is 10.3. The number of rotatable bonds is 5. The van der Waals surface area contributed by atoms with Gasteiger partial charge in [0.2, 0.25) is 0 Å². The quantitative estimate of drug-likeness (QED) is 0.504. The highest BCUT2D eigenvalue weighted by atomic mass is 127. The molecule has 0 spiro atoms. The second-order valence-electron chi connectivity index (χ2n) is 2.92. The Hall–Kier alpha value is -0.100. The molecular weight excluding hydrogens is 309 g/mol. The minimum absolute atomic E-state index is 0.0690. The van der Waals surface area contributed by atoms with Crippen LogP contribution in [0.15, 0.2) is 12.1 Å². The summed E-state index contributed by atoms with van der Waals surface area (Å²) in [5.74, 6) is 0.0690. The van der Waals surface area contributed by atoms with Crippen LogP contribution in [0.1, 0.15) is 27.9 Å². The molecular formula is C10H14INOS. The third kappa shape index (κ3) is 3.57. The van der Waals surface area contributed by atoms with Crippen LogP contribution in [-0.4, -0.2) is 16.9 Å². The summed E-state index contributed by atoms with van der Waals surface area (Å²) >= 11 is 3.90. The lowest BCUT2D eigenvalue weighted by Crippen LogP contribution is -2.23. The van der Waals surface area contributed by atoms with E-state index in [0.29, 0.717) is 0 Å². The number of hydrogen-bond acceptors (Lipinski definition) is 2. The van der Waals surface area contributed by atoms with Gasteiger partial charge in [-0.2, -0.15) is 0 Å². The van der Waals surface area contributed by atoms with Gasteiger partial charge in [-0.3, -0.25) is 4.79 Å². The molecule has 0 aliphatic carbocycles. The Morgan fingerprint density at radius 2 is 2.36 bits per heavy atom. The zero-order chi connectivity index (χ0) is 10.4. The number of carbonyl (C=O) groups is 1. The Bertz CT molecular complexity index is 298. The minimum Gasteiger partial charge on any atom is -0.351 e. The van der Waals surface area contributed by atoms with Crippen LogP contribution in [0.2, 0.25) is 0 Å². The van der Waals surface area contributed by atoms with Crippen molar-refractivity contribution in [1.82, 2.24) is 5.32 Å². The Balaban J connectivity index is 2.44. The van der Waals surface area contributed by atoms with Gasteiger partial charge in [-0.1, -0.05) is 29.5 Å². The lowest BCUT2D eigenvalue weighted by molar-refractivity contribution is 0.0958. The molecule has 4 heteroatoms. The molecule has 0 bridgehead atoms. The molecule has 0 atom stereocenters. The van der Waals surface area contributed by atoms with Gasteiger partial charge in [0, 0.05) is 15.8 Å². The highest BCUT2D eigenvalue weighted by Gasteiger charge is 2.06. The molecule has 1 aromatic rings. The Morgan fingerprint density at radius 1 is 1.57 bits per heavy atom. The second-order valence-corrected chi connectivity index (χ2v) is 5.17. The number of carbonyl (C=O) groups excluding carboxylic acids is 1. The maximum atomic E-state index is 11.5. The second kappa shape index (κ2) is 6.40. The maximum Gasteiger partial charge on any atom is 0.261 e. The SMILES string of the molecule is CCc1ccc(C(=O)NCCCI)s1. The molecule has 1 heterocycles. The molecule has 78 valence electrons. The van der Waals surface area contributed by atoms with Crippen LogP contribution >= 0.6 is 33.9 Å². The predicted octanol–water partition coefficient (Wildman–Crippen LogP) is 2.87. The summed E-state index contributed by atoms with van der Waals surface area (Å²) in [7, 11) is 0. The highest BCUT2D eigenvalue weighted by Crippen LogP contribution is 2.16. The first-order chi connectivity index (χ1) is 6.77. The Kier molecular flexibility index (Phi) is 5.47. The van der Waals surface area contributed by atoms with Crippen molar-refractivity contribution in [2.45, 2.75) is 19.8 Å². The number of halogens is 1. The van der Waals surface area contributed by atoms with Gasteiger partial charge < -0.3 is 5.32 Å². The summed E-state index contributed by atoms with van der Waals surface area (Å²) in [4.78, 5) is 13.6. The van der Waals surface area contributed by atoms with Crippen LogP contribution in [0, 0.1) is 0 Å². The molecule has 1 rings (SSSR count). The van der Waals surface area contributed by atoms with Gasteiger partial charge in [0.25, 0.3) is 5.91 Å². The van der Waals surface area contributed by atoms with E-state index in [1.54, 1.807) is 11.3 Å². The van der Waals surface area contributed by atoms with Crippen molar-refractivity contribution in [3.05, 3.63) is 21.9 Å². The van der Waals surface area contributed by atoms with Gasteiger partial charge in [0.05, 0.1) is 4.88 Å². The van der Waals surface area contributed by atoms with Crippen molar-refractivity contribution in [1.29, 1.82) is 0 Å². The number of hydrogen-bond donors (Lipinski definition) is 1. The third-order valence-electron chi connectivity index (χ3n) is 1.83. The molecule has 0 saturated heterocycles. The van der Waals surface area contributed by atoms with Crippen LogP contribution < -0.4 is 5.32 Å². The van der Waals surface area contributed by atoms with Crippen LogP contribution in [0.3, 0.4) is 0 Å². The smallest absolute Gasteiger partial charge is 0.261 e. The lowest BCUT2D eigenvalue weighted by Gasteiger charge is -2.00. The first kappa shape index (κ1) is 12.0. The summed E-state index contributed by atoms with van der Waals surface area (Å²) in [5, 5.41) is 2.90. The summed E-state index contributed by atoms with van der Waals surface area (Å²) < 4.78 is 1.09. The standard InChI is InChI=1S/C10H14INOS/c1-2-8-4-5-9(14-8)10(13)12-7-3-6-11/h4-5H,2-3,6-7H2,1H3,(H,12,13). The van der Waals surface area contributed by atoms with Gasteiger partial charge in [0.15, 0.2) is 0 Å². The fourth-order valence-corrected chi connectivity index (χ4v) is 2.29. The average Bonchev–Trinajstić information content (AvgIpc) is 2.66. The van der Waals surface area contributed by atoms with Gasteiger partial charge in [-0.25, -0.2) is 0 Å². The van der Waals surface area contributed by atoms with E-state index in [4.69, 9.17) is 0 Å². The minimum atomic E-state index is 0.0690. The fourth-order valence-electron chi connectivity index (χ4n) is 1.05. The van der Waals surface area contributed by atoms with E-state index in [2.05, 4.69) is 34.8 Å². The number of amides is 1. The zero-order valence-electron chi connectivity index (χ0n) is 8.18. The molecule has 1 N–H and O–H groups in total. The van der Waals surface area contributed by atoms with E-state index in [0.717, 1.165) is 28.7 Å². The van der Waals surface area contributed by atoms with Gasteiger partial charge in [0.1, 0.15) is 0 Å². The van der Waals surface area contributed by atoms with Crippen LogP contribution in [0.5, 0.6) is 0 Å². The first-order valence-electron chi connectivity index (χ1n) is 4.70. The molecule has 0 radical (unpaired) electrons. The molecule has 0 aliphatic heterocycles. The number of nitrogens with one attached hydrogen (secondary N) is 1. The molecule has 1 amide bonds. The molecule has 0 fully saturated rings. The number of thiophene rings is 1. The van der Waals surface area contributed by atoms with Gasteiger partial charge in [-0.05, 0) is 25.0 Å². The van der Waals surface area contributed by atoms with E-state index < -0.39 is 0 Å². The van der Waals surface area contributed by atoms with Crippen LogP contribution in [0.4, 0.5) is 0 Å². The number of alkyl halides is 1. The normalized spacial score (nSPS) is 10.1. The maximum absolute atomic E-state index is 11.5. The van der Waals surface area contributed by atoms with E-state index >= 15 is 0 Å². The summed E-state index contributed by atoms with van der Waals surface area (Å²) in [6, 6.07) is 3.93. The summed E-state index contributed by atoms with van der Waals surface area (Å²) in [6.45, 7) is 2.88. The third-order valence-corrected chi connectivity index (χ3v) is 3.82. The molecule has 2 nitrogen and oxygen atoms in total. The molecule has 0 unspecified atom stereocenters. The van der Waals surface area contributed by atoms with E-state index in [-0.39, 0.29) is 5.91 Å². The van der Waals surface area contributed by atoms with Crippen LogP contribution in [-0.2, 0) is 6.42 Å². The van der Waals surface area contributed by atoms with Crippen LogP contribution in [0.25, 0.3) is 0 Å². The van der Waals surface area contributed by atoms with Gasteiger partial charge >= 0.3 is 0 Å². The predicted molar refractivity (Wildman–Crippen MR) is 69.5 cm³/mol. The van der Waals surface area contributed by atoms with E-state index in [1.807, 2.05) is 12.1 Å². The average molecular weight is 323 g/mol. The van der Waals surface area contributed by atoms with Crippen molar-refractivity contribution in [3.8, 4) is 0 Å². The highest BCUT2D eigenvalue weighted by molar-refractivity contribution is 14.1.